The first kappa shape index (κ1) is 15.9. The number of hydrogen-bond acceptors (Lipinski definition) is 6. The van der Waals surface area contributed by atoms with E-state index in [1.54, 1.807) is 12.3 Å². The van der Waals surface area contributed by atoms with Gasteiger partial charge in [0.25, 0.3) is 0 Å². The lowest BCUT2D eigenvalue weighted by Crippen LogP contribution is -2.36. The van der Waals surface area contributed by atoms with Crippen molar-refractivity contribution in [3.05, 3.63) is 33.6 Å². The fourth-order valence-corrected chi connectivity index (χ4v) is 3.90. The molecule has 0 aliphatic rings. The van der Waals surface area contributed by atoms with Crippen LogP contribution in [0.2, 0.25) is 0 Å². The second-order valence-corrected chi connectivity index (χ2v) is 8.07. The van der Waals surface area contributed by atoms with Crippen molar-refractivity contribution >= 4 is 38.7 Å². The molecule has 0 radical (unpaired) electrons. The molecule has 0 aliphatic heterocycles. The van der Waals surface area contributed by atoms with Crippen molar-refractivity contribution in [1.29, 1.82) is 0 Å². The molecular weight excluding hydrogens is 332 g/mol. The van der Waals surface area contributed by atoms with Gasteiger partial charge in [0.1, 0.15) is 9.22 Å². The zero-order valence-corrected chi connectivity index (χ0v) is 13.5. The van der Waals surface area contributed by atoms with E-state index in [4.69, 9.17) is 5.14 Å². The molecule has 21 heavy (non-hydrogen) atoms. The fraction of sp³-hybridized carbons (Fsp3) is 0.273. The number of sulfonamides is 1. The molecule has 0 spiro atoms. The third kappa shape index (κ3) is 4.49. The van der Waals surface area contributed by atoms with Crippen LogP contribution in [-0.2, 0) is 16.6 Å². The number of carbonyl (C=O) groups excluding carboxylic acids is 1. The lowest BCUT2D eigenvalue weighted by Gasteiger charge is -2.11. The number of thiophene rings is 1. The maximum atomic E-state index is 11.7. The molecular formula is C11H14N4O3S3. The summed E-state index contributed by atoms with van der Waals surface area (Å²) in [5, 5.41) is 13.1. The van der Waals surface area contributed by atoms with Crippen LogP contribution in [0.15, 0.2) is 27.9 Å². The van der Waals surface area contributed by atoms with Gasteiger partial charge in [0.2, 0.25) is 10.0 Å². The number of urea groups is 1. The van der Waals surface area contributed by atoms with Gasteiger partial charge in [0.15, 0.2) is 0 Å². The van der Waals surface area contributed by atoms with Crippen molar-refractivity contribution in [1.82, 2.24) is 15.6 Å². The summed E-state index contributed by atoms with van der Waals surface area (Å²) in [6.45, 7) is 2.07. The quantitative estimate of drug-likeness (QED) is 0.759. The van der Waals surface area contributed by atoms with Crippen LogP contribution >= 0.6 is 22.7 Å². The van der Waals surface area contributed by atoms with Crippen LogP contribution < -0.4 is 15.8 Å². The van der Waals surface area contributed by atoms with Crippen molar-refractivity contribution in [3.8, 4) is 0 Å². The van der Waals surface area contributed by atoms with Crippen LogP contribution in [0.1, 0.15) is 22.9 Å². The van der Waals surface area contributed by atoms with E-state index in [0.29, 0.717) is 4.88 Å². The first-order valence-corrected chi connectivity index (χ1v) is 9.16. The van der Waals surface area contributed by atoms with E-state index in [2.05, 4.69) is 15.6 Å². The molecule has 2 heterocycles. The second-order valence-electron chi connectivity index (χ2n) is 4.18. The van der Waals surface area contributed by atoms with Gasteiger partial charge >= 0.3 is 6.03 Å². The van der Waals surface area contributed by atoms with Gasteiger partial charge in [-0.25, -0.2) is 23.3 Å². The van der Waals surface area contributed by atoms with E-state index in [1.807, 2.05) is 12.3 Å². The van der Waals surface area contributed by atoms with E-state index in [1.165, 1.54) is 17.4 Å². The minimum atomic E-state index is -3.69. The zero-order chi connectivity index (χ0) is 15.5. The monoisotopic (exact) mass is 346 g/mol. The summed E-state index contributed by atoms with van der Waals surface area (Å²) in [5.74, 6) is 0. The Bertz CT molecular complexity index is 709. The third-order valence-electron chi connectivity index (χ3n) is 2.51. The number of nitrogens with two attached hydrogens (primary N) is 1. The van der Waals surface area contributed by atoms with E-state index in [9.17, 15) is 13.2 Å². The Morgan fingerprint density at radius 3 is 2.81 bits per heavy atom. The Morgan fingerprint density at radius 2 is 2.24 bits per heavy atom. The first-order chi connectivity index (χ1) is 9.86. The number of thiazole rings is 1. The molecule has 4 N–H and O–H groups in total. The molecule has 2 aromatic rings. The molecule has 0 aromatic carbocycles. The average molecular weight is 346 g/mol. The predicted molar refractivity (Wildman–Crippen MR) is 81.6 cm³/mol. The van der Waals surface area contributed by atoms with Crippen LogP contribution in [-0.4, -0.2) is 19.4 Å². The lowest BCUT2D eigenvalue weighted by molar-refractivity contribution is 0.237. The van der Waals surface area contributed by atoms with E-state index < -0.39 is 10.0 Å². The highest BCUT2D eigenvalue weighted by atomic mass is 32.2. The number of primary sulfonamides is 1. The van der Waals surface area contributed by atoms with Crippen molar-refractivity contribution in [2.24, 2.45) is 5.14 Å². The predicted octanol–water partition coefficient (Wildman–Crippen LogP) is 1.41. The van der Waals surface area contributed by atoms with Gasteiger partial charge in [-0.1, -0.05) is 0 Å². The Kier molecular flexibility index (Phi) is 4.93. The molecule has 0 bridgehead atoms. The van der Waals surface area contributed by atoms with Crippen LogP contribution in [0.5, 0.6) is 0 Å². The van der Waals surface area contributed by atoms with E-state index in [-0.39, 0.29) is 22.8 Å². The highest BCUT2D eigenvalue weighted by Crippen LogP contribution is 2.20. The minimum Gasteiger partial charge on any atom is -0.333 e. The largest absolute Gasteiger partial charge is 0.333 e. The molecule has 0 saturated carbocycles. The van der Waals surface area contributed by atoms with Crippen molar-refractivity contribution in [2.75, 3.05) is 0 Å². The number of amides is 2. The van der Waals surface area contributed by atoms with Gasteiger partial charge in [-0.2, -0.15) is 0 Å². The summed E-state index contributed by atoms with van der Waals surface area (Å²) in [7, 11) is -3.69. The molecule has 2 rings (SSSR count). The molecule has 0 unspecified atom stereocenters. The summed E-state index contributed by atoms with van der Waals surface area (Å²) < 4.78 is 22.4. The van der Waals surface area contributed by atoms with Crippen LogP contribution in [0.3, 0.4) is 0 Å². The molecule has 0 aliphatic carbocycles. The van der Waals surface area contributed by atoms with Crippen LogP contribution in [0, 0.1) is 0 Å². The molecule has 7 nitrogen and oxygen atoms in total. The second kappa shape index (κ2) is 6.52. The van der Waals surface area contributed by atoms with E-state index in [0.717, 1.165) is 16.3 Å². The molecule has 2 amide bonds. The van der Waals surface area contributed by atoms with Crippen molar-refractivity contribution < 1.29 is 13.2 Å². The fourth-order valence-electron chi connectivity index (χ4n) is 1.53. The Labute approximate surface area is 130 Å². The Hall–Kier alpha value is -1.49. The SMILES string of the molecule is C[C@H](NC(=O)NCc1ccc(S(N)(=O)=O)s1)c1nccs1. The Balaban J connectivity index is 1.85. The smallest absolute Gasteiger partial charge is 0.315 e. The molecule has 114 valence electrons. The molecule has 10 heteroatoms. The van der Waals surface area contributed by atoms with E-state index >= 15 is 0 Å². The summed E-state index contributed by atoms with van der Waals surface area (Å²) in [6, 6.07) is 2.51. The number of carbonyl (C=O) groups is 1. The minimum absolute atomic E-state index is 0.0795. The lowest BCUT2D eigenvalue weighted by atomic mass is 10.3. The standard InChI is InChI=1S/C11H14N4O3S3/c1-7(10-13-4-5-19-10)15-11(16)14-6-8-2-3-9(20-8)21(12,17)18/h2-5,7H,6H2,1H3,(H2,12,17,18)(H2,14,15,16)/t7-/m0/s1. The van der Waals surface area contributed by atoms with Gasteiger partial charge in [0, 0.05) is 16.5 Å². The summed E-state index contributed by atoms with van der Waals surface area (Å²) >= 11 is 2.49. The van der Waals surface area contributed by atoms with Gasteiger partial charge in [-0.15, -0.1) is 22.7 Å². The number of nitrogens with one attached hydrogen (secondary N) is 2. The van der Waals surface area contributed by atoms with Crippen LogP contribution in [0.4, 0.5) is 4.79 Å². The van der Waals surface area contributed by atoms with Gasteiger partial charge in [0.05, 0.1) is 12.6 Å². The normalized spacial score (nSPS) is 12.9. The summed E-state index contributed by atoms with van der Waals surface area (Å²) in [6.07, 6.45) is 1.68. The van der Waals surface area contributed by atoms with Crippen LogP contribution in [0.25, 0.3) is 0 Å². The van der Waals surface area contributed by atoms with Crippen molar-refractivity contribution in [3.63, 3.8) is 0 Å². The number of aromatic nitrogens is 1. The molecule has 0 saturated heterocycles. The number of nitrogens with zero attached hydrogens (tertiary/aromatic N) is 1. The highest BCUT2D eigenvalue weighted by molar-refractivity contribution is 7.91. The summed E-state index contributed by atoms with van der Waals surface area (Å²) in [5.41, 5.74) is 0. The number of rotatable bonds is 5. The molecule has 1 atom stereocenters. The maximum absolute atomic E-state index is 11.7. The Morgan fingerprint density at radius 1 is 1.48 bits per heavy atom. The van der Waals surface area contributed by atoms with Gasteiger partial charge < -0.3 is 10.6 Å². The third-order valence-corrected chi connectivity index (χ3v) is 5.99. The maximum Gasteiger partial charge on any atom is 0.315 e. The summed E-state index contributed by atoms with van der Waals surface area (Å²) in [4.78, 5) is 16.6. The van der Waals surface area contributed by atoms with Crippen molar-refractivity contribution in [2.45, 2.75) is 23.7 Å². The molecule has 0 fully saturated rings. The van der Waals surface area contributed by atoms with Gasteiger partial charge in [-0.3, -0.25) is 0 Å². The zero-order valence-electron chi connectivity index (χ0n) is 11.1. The molecule has 2 aromatic heterocycles. The highest BCUT2D eigenvalue weighted by Gasteiger charge is 2.13. The number of hydrogen-bond donors (Lipinski definition) is 3. The first-order valence-electron chi connectivity index (χ1n) is 5.91. The van der Waals surface area contributed by atoms with Gasteiger partial charge in [-0.05, 0) is 19.1 Å². The average Bonchev–Trinajstić information content (AvgIpc) is 3.07. The topological polar surface area (TPSA) is 114 Å².